The molecule has 0 spiro atoms. The summed E-state index contributed by atoms with van der Waals surface area (Å²) in [5, 5.41) is 13.2. The molecule has 148 valence electrons. The minimum absolute atomic E-state index is 0.391. The predicted molar refractivity (Wildman–Crippen MR) is 113 cm³/mol. The summed E-state index contributed by atoms with van der Waals surface area (Å²) < 4.78 is 4.86. The number of benzene rings is 2. The van der Waals surface area contributed by atoms with E-state index in [1.54, 1.807) is 0 Å². The number of methoxy groups -OCH3 is 1. The summed E-state index contributed by atoms with van der Waals surface area (Å²) in [6.45, 7) is 1.96. The van der Waals surface area contributed by atoms with E-state index in [4.69, 9.17) is 4.74 Å². The van der Waals surface area contributed by atoms with Crippen LogP contribution in [0.1, 0.15) is 22.6 Å². The Kier molecular flexibility index (Phi) is 6.73. The van der Waals surface area contributed by atoms with Crippen molar-refractivity contribution < 1.29 is 14.3 Å². The predicted octanol–water partition coefficient (Wildman–Crippen LogP) is 3.71. The van der Waals surface area contributed by atoms with Gasteiger partial charge in [0.25, 0.3) is 0 Å². The quantitative estimate of drug-likeness (QED) is 0.584. The van der Waals surface area contributed by atoms with E-state index in [1.165, 1.54) is 24.4 Å². The molecule has 2 atom stereocenters. The first-order chi connectivity index (χ1) is 14.0. The van der Waals surface area contributed by atoms with Gasteiger partial charge in [0, 0.05) is 11.7 Å². The summed E-state index contributed by atoms with van der Waals surface area (Å²) in [4.78, 5) is 25.2. The van der Waals surface area contributed by atoms with E-state index in [0.29, 0.717) is 16.4 Å². The van der Waals surface area contributed by atoms with Crippen LogP contribution in [0.3, 0.4) is 0 Å². The highest BCUT2D eigenvalue weighted by Crippen LogP contribution is 2.40. The molecule has 1 N–H and O–H groups in total. The molecule has 2 aromatic carbocycles. The van der Waals surface area contributed by atoms with Crippen molar-refractivity contribution in [1.82, 2.24) is 5.32 Å². The SMILES string of the molecule is COC(=O)[C@H]1C(=O)NC(SCCc2ccccc2)=C(C#N)[C@H]1c1ccc(C)cc1. The molecule has 3 rings (SSSR count). The van der Waals surface area contributed by atoms with Crippen molar-refractivity contribution in [2.45, 2.75) is 19.3 Å². The van der Waals surface area contributed by atoms with Crippen molar-refractivity contribution in [3.63, 3.8) is 0 Å². The van der Waals surface area contributed by atoms with E-state index < -0.39 is 23.7 Å². The van der Waals surface area contributed by atoms with Crippen LogP contribution in [0.4, 0.5) is 0 Å². The van der Waals surface area contributed by atoms with Crippen LogP contribution in [0.2, 0.25) is 0 Å². The van der Waals surface area contributed by atoms with Crippen LogP contribution in [0.5, 0.6) is 0 Å². The van der Waals surface area contributed by atoms with Gasteiger partial charge in [-0.2, -0.15) is 5.26 Å². The van der Waals surface area contributed by atoms with Gasteiger partial charge in [-0.05, 0) is 24.5 Å². The fraction of sp³-hybridized carbons (Fsp3) is 0.261. The Morgan fingerprint density at radius 2 is 1.86 bits per heavy atom. The molecular weight excluding hydrogens is 384 g/mol. The highest BCUT2D eigenvalue weighted by Gasteiger charge is 2.44. The molecule has 0 bridgehead atoms. The van der Waals surface area contributed by atoms with E-state index in [-0.39, 0.29) is 0 Å². The normalized spacial score (nSPS) is 18.7. The molecule has 0 aromatic heterocycles. The second kappa shape index (κ2) is 9.44. The number of aryl methyl sites for hydroxylation is 2. The molecule has 1 aliphatic rings. The summed E-state index contributed by atoms with van der Waals surface area (Å²) in [6, 6.07) is 19.8. The summed E-state index contributed by atoms with van der Waals surface area (Å²) in [7, 11) is 1.25. The molecule has 0 saturated carbocycles. The molecular formula is C23H22N2O3S. The van der Waals surface area contributed by atoms with Crippen molar-refractivity contribution in [3.05, 3.63) is 81.9 Å². The zero-order valence-electron chi connectivity index (χ0n) is 16.3. The number of thioether (sulfide) groups is 1. The zero-order chi connectivity index (χ0) is 20.8. The molecule has 0 fully saturated rings. The van der Waals surface area contributed by atoms with Gasteiger partial charge in [-0.25, -0.2) is 0 Å². The topological polar surface area (TPSA) is 79.2 Å². The molecule has 0 saturated heterocycles. The van der Waals surface area contributed by atoms with Crippen molar-refractivity contribution in [2.75, 3.05) is 12.9 Å². The van der Waals surface area contributed by atoms with Gasteiger partial charge in [-0.1, -0.05) is 60.2 Å². The molecule has 1 aliphatic heterocycles. The lowest BCUT2D eigenvalue weighted by atomic mass is 9.78. The van der Waals surface area contributed by atoms with Gasteiger partial charge in [-0.15, -0.1) is 11.8 Å². The first-order valence-corrected chi connectivity index (χ1v) is 10.3. The van der Waals surface area contributed by atoms with Gasteiger partial charge >= 0.3 is 5.97 Å². The van der Waals surface area contributed by atoms with E-state index in [0.717, 1.165) is 17.5 Å². The third kappa shape index (κ3) is 4.69. The maximum Gasteiger partial charge on any atom is 0.319 e. The smallest absolute Gasteiger partial charge is 0.319 e. The number of nitrogens with zero attached hydrogens (tertiary/aromatic N) is 1. The van der Waals surface area contributed by atoms with E-state index in [9.17, 15) is 14.9 Å². The number of nitrogens with one attached hydrogen (secondary N) is 1. The standard InChI is InChI=1S/C23H22N2O3S/c1-15-8-10-17(11-9-15)19-18(14-24)22(25-21(26)20(19)23(27)28-2)29-13-12-16-6-4-3-5-7-16/h3-11,19-20H,12-13H2,1-2H3,(H,25,26)/t19-,20-/m1/s1. The first-order valence-electron chi connectivity index (χ1n) is 9.31. The Balaban J connectivity index is 1.93. The van der Waals surface area contributed by atoms with Crippen LogP contribution in [-0.4, -0.2) is 24.7 Å². The lowest BCUT2D eigenvalue weighted by Gasteiger charge is -2.31. The Bertz CT molecular complexity index is 962. The van der Waals surface area contributed by atoms with E-state index in [1.807, 2.05) is 61.5 Å². The van der Waals surface area contributed by atoms with Crippen LogP contribution >= 0.6 is 11.8 Å². The molecule has 29 heavy (non-hydrogen) atoms. The van der Waals surface area contributed by atoms with E-state index in [2.05, 4.69) is 11.4 Å². The molecule has 0 radical (unpaired) electrons. The van der Waals surface area contributed by atoms with Gasteiger partial charge in [0.15, 0.2) is 0 Å². The lowest BCUT2D eigenvalue weighted by Crippen LogP contribution is -2.44. The largest absolute Gasteiger partial charge is 0.468 e. The van der Waals surface area contributed by atoms with Crippen LogP contribution in [0.25, 0.3) is 0 Å². The minimum Gasteiger partial charge on any atom is -0.468 e. The number of carbonyl (C=O) groups is 2. The zero-order valence-corrected chi connectivity index (χ0v) is 17.2. The first kappa shape index (κ1) is 20.7. The lowest BCUT2D eigenvalue weighted by molar-refractivity contribution is -0.150. The molecule has 1 amide bonds. The van der Waals surface area contributed by atoms with Crippen LogP contribution in [-0.2, 0) is 20.7 Å². The highest BCUT2D eigenvalue weighted by atomic mass is 32.2. The Labute approximate surface area is 174 Å². The molecule has 0 unspecified atom stereocenters. The Hall–Kier alpha value is -3.04. The van der Waals surface area contributed by atoms with E-state index >= 15 is 0 Å². The third-order valence-electron chi connectivity index (χ3n) is 4.90. The number of carbonyl (C=O) groups excluding carboxylic acids is 2. The van der Waals surface area contributed by atoms with Crippen molar-refractivity contribution >= 4 is 23.6 Å². The van der Waals surface area contributed by atoms with Gasteiger partial charge in [0.05, 0.1) is 23.8 Å². The number of amides is 1. The third-order valence-corrected chi connectivity index (χ3v) is 5.92. The van der Waals surface area contributed by atoms with Gasteiger partial charge in [0.2, 0.25) is 5.91 Å². The van der Waals surface area contributed by atoms with Crippen molar-refractivity contribution in [2.24, 2.45) is 5.92 Å². The fourth-order valence-corrected chi connectivity index (χ4v) is 4.41. The maximum absolute atomic E-state index is 12.8. The molecule has 0 aliphatic carbocycles. The minimum atomic E-state index is -1.09. The summed E-state index contributed by atoms with van der Waals surface area (Å²) in [5.74, 6) is -2.14. The van der Waals surface area contributed by atoms with Crippen LogP contribution in [0.15, 0.2) is 65.2 Å². The number of ether oxygens (including phenoxy) is 1. The van der Waals surface area contributed by atoms with Crippen LogP contribution < -0.4 is 5.32 Å². The Morgan fingerprint density at radius 3 is 2.48 bits per heavy atom. The van der Waals surface area contributed by atoms with Gasteiger partial charge < -0.3 is 10.1 Å². The number of rotatable bonds is 6. The second-order valence-electron chi connectivity index (χ2n) is 6.82. The summed E-state index contributed by atoms with van der Waals surface area (Å²) in [6.07, 6.45) is 0.805. The fourth-order valence-electron chi connectivity index (χ4n) is 3.37. The summed E-state index contributed by atoms with van der Waals surface area (Å²) >= 11 is 1.42. The molecule has 6 heteroatoms. The monoisotopic (exact) mass is 406 g/mol. The molecule has 2 aromatic rings. The van der Waals surface area contributed by atoms with Gasteiger partial charge in [-0.3, -0.25) is 9.59 Å². The average molecular weight is 407 g/mol. The number of hydrogen-bond acceptors (Lipinski definition) is 5. The second-order valence-corrected chi connectivity index (χ2v) is 7.92. The summed E-state index contributed by atoms with van der Waals surface area (Å²) in [5.41, 5.74) is 3.38. The number of hydrogen-bond donors (Lipinski definition) is 1. The maximum atomic E-state index is 12.8. The van der Waals surface area contributed by atoms with Crippen LogP contribution in [0, 0.1) is 24.2 Å². The molecule has 1 heterocycles. The highest BCUT2D eigenvalue weighted by molar-refractivity contribution is 8.03. The number of allylic oxidation sites excluding steroid dienone is 1. The van der Waals surface area contributed by atoms with Gasteiger partial charge in [0.1, 0.15) is 5.92 Å². The number of esters is 1. The number of nitriles is 1. The molecule has 5 nitrogen and oxygen atoms in total. The van der Waals surface area contributed by atoms with Crippen molar-refractivity contribution in [1.29, 1.82) is 5.26 Å². The Morgan fingerprint density at radius 1 is 1.17 bits per heavy atom. The van der Waals surface area contributed by atoms with Crippen molar-refractivity contribution in [3.8, 4) is 6.07 Å². The average Bonchev–Trinajstić information content (AvgIpc) is 2.74.